The molecule has 0 atom stereocenters. The molecule has 2 aromatic carbocycles. The van der Waals surface area contributed by atoms with Gasteiger partial charge in [-0.05, 0) is 46.3 Å². The molecule has 0 bridgehead atoms. The molecule has 0 unspecified atom stereocenters. The third-order valence-electron chi connectivity index (χ3n) is 2.96. The summed E-state index contributed by atoms with van der Waals surface area (Å²) in [5.74, 6) is -0.1000. The van der Waals surface area contributed by atoms with Crippen LogP contribution in [0.4, 0.5) is 10.3 Å². The molecule has 0 aliphatic rings. The van der Waals surface area contributed by atoms with E-state index in [-0.39, 0.29) is 11.8 Å². The average molecular weight is 331 g/mol. The van der Waals surface area contributed by atoms with Gasteiger partial charge in [0, 0.05) is 10.5 Å². The van der Waals surface area contributed by atoms with Crippen molar-refractivity contribution in [1.29, 1.82) is 5.26 Å². The lowest BCUT2D eigenvalue weighted by Crippen LogP contribution is -2.01. The second-order valence-electron chi connectivity index (χ2n) is 4.22. The fourth-order valence-electron chi connectivity index (χ4n) is 2.08. The summed E-state index contributed by atoms with van der Waals surface area (Å²) in [6, 6.07) is 11.5. The Balaban J connectivity index is 2.30. The topological polar surface area (TPSA) is 67.6 Å². The number of halogens is 2. The van der Waals surface area contributed by atoms with Crippen molar-refractivity contribution < 1.29 is 4.39 Å². The van der Waals surface area contributed by atoms with Gasteiger partial charge < -0.3 is 5.73 Å². The lowest BCUT2D eigenvalue weighted by Gasteiger charge is -2.09. The fourth-order valence-corrected chi connectivity index (χ4v) is 2.64. The van der Waals surface area contributed by atoms with Gasteiger partial charge >= 0.3 is 0 Å². The molecule has 98 valence electrons. The summed E-state index contributed by atoms with van der Waals surface area (Å²) in [5.41, 5.74) is 8.39. The van der Waals surface area contributed by atoms with E-state index >= 15 is 0 Å². The molecule has 0 aliphatic carbocycles. The van der Waals surface area contributed by atoms with Crippen molar-refractivity contribution in [2.75, 3.05) is 5.73 Å². The van der Waals surface area contributed by atoms with Gasteiger partial charge in [-0.2, -0.15) is 5.26 Å². The summed E-state index contributed by atoms with van der Waals surface area (Å²) < 4.78 is 15.6. The van der Waals surface area contributed by atoms with Crippen LogP contribution in [-0.4, -0.2) is 9.55 Å². The van der Waals surface area contributed by atoms with Crippen molar-refractivity contribution >= 4 is 32.9 Å². The van der Waals surface area contributed by atoms with Crippen molar-refractivity contribution in [3.05, 3.63) is 52.3 Å². The minimum atomic E-state index is -0.360. The van der Waals surface area contributed by atoms with Gasteiger partial charge in [0.05, 0.1) is 28.4 Å². The quantitative estimate of drug-likeness (QED) is 0.743. The van der Waals surface area contributed by atoms with Crippen LogP contribution in [0.15, 0.2) is 40.9 Å². The Kier molecular flexibility index (Phi) is 2.92. The highest BCUT2D eigenvalue weighted by atomic mass is 79.9. The minimum Gasteiger partial charge on any atom is -0.369 e. The van der Waals surface area contributed by atoms with E-state index in [1.165, 1.54) is 12.1 Å². The number of imidazole rings is 1. The molecule has 0 saturated heterocycles. The first kappa shape index (κ1) is 12.6. The highest BCUT2D eigenvalue weighted by Gasteiger charge is 2.13. The summed E-state index contributed by atoms with van der Waals surface area (Å²) in [6.07, 6.45) is 0. The maximum absolute atomic E-state index is 13.2. The van der Waals surface area contributed by atoms with Crippen LogP contribution < -0.4 is 5.73 Å². The number of hydrogen-bond acceptors (Lipinski definition) is 3. The first-order valence-electron chi connectivity index (χ1n) is 5.73. The van der Waals surface area contributed by atoms with E-state index in [0.29, 0.717) is 21.1 Å². The predicted octanol–water partition coefficient (Wildman–Crippen LogP) is 3.38. The van der Waals surface area contributed by atoms with E-state index < -0.39 is 0 Å². The Morgan fingerprint density at radius 1 is 1.25 bits per heavy atom. The van der Waals surface area contributed by atoms with Gasteiger partial charge in [-0.1, -0.05) is 0 Å². The van der Waals surface area contributed by atoms with Gasteiger partial charge in [-0.25, -0.2) is 9.37 Å². The Morgan fingerprint density at radius 2 is 2.05 bits per heavy atom. The van der Waals surface area contributed by atoms with Crippen molar-refractivity contribution in [2.45, 2.75) is 0 Å². The normalized spacial score (nSPS) is 10.7. The molecular formula is C14H8BrFN4. The minimum absolute atomic E-state index is 0.260. The Bertz CT molecular complexity index is 863. The largest absolute Gasteiger partial charge is 0.369 e. The first-order valence-corrected chi connectivity index (χ1v) is 6.53. The third-order valence-corrected chi connectivity index (χ3v) is 3.60. The van der Waals surface area contributed by atoms with E-state index in [4.69, 9.17) is 11.0 Å². The van der Waals surface area contributed by atoms with Crippen LogP contribution in [0.5, 0.6) is 0 Å². The standard InChI is InChI=1S/C14H8BrFN4/c15-10-5-8(7-17)1-3-12(10)20-13-4-2-9(16)6-11(13)19-14(20)18/h1-6H,(H2,18,19). The molecule has 3 aromatic rings. The second kappa shape index (κ2) is 4.62. The molecule has 1 heterocycles. The number of nitrogens with zero attached hydrogens (tertiary/aromatic N) is 3. The molecule has 0 radical (unpaired) electrons. The SMILES string of the molecule is N#Cc1ccc(-n2c(N)nc3cc(F)ccc32)c(Br)c1. The van der Waals surface area contributed by atoms with Crippen molar-refractivity contribution in [1.82, 2.24) is 9.55 Å². The van der Waals surface area contributed by atoms with Crippen LogP contribution in [0.25, 0.3) is 16.7 Å². The van der Waals surface area contributed by atoms with E-state index in [1.807, 2.05) is 0 Å². The van der Waals surface area contributed by atoms with E-state index in [0.717, 1.165) is 5.69 Å². The molecule has 0 amide bonds. The summed E-state index contributed by atoms with van der Waals surface area (Å²) in [4.78, 5) is 4.15. The highest BCUT2D eigenvalue weighted by molar-refractivity contribution is 9.10. The Labute approximate surface area is 122 Å². The van der Waals surface area contributed by atoms with Gasteiger partial charge in [0.15, 0.2) is 0 Å². The molecule has 0 spiro atoms. The smallest absolute Gasteiger partial charge is 0.205 e. The fraction of sp³-hybridized carbons (Fsp3) is 0. The van der Waals surface area contributed by atoms with Crippen LogP contribution in [0, 0.1) is 17.1 Å². The number of nitrogen functional groups attached to an aromatic ring is 1. The molecule has 0 saturated carbocycles. The molecule has 0 fully saturated rings. The van der Waals surface area contributed by atoms with Crippen molar-refractivity contribution in [2.24, 2.45) is 0 Å². The van der Waals surface area contributed by atoms with Crippen molar-refractivity contribution in [3.8, 4) is 11.8 Å². The monoisotopic (exact) mass is 330 g/mol. The number of fused-ring (bicyclic) bond motifs is 1. The highest BCUT2D eigenvalue weighted by Crippen LogP contribution is 2.29. The number of anilines is 1. The number of nitriles is 1. The lowest BCUT2D eigenvalue weighted by molar-refractivity contribution is 0.629. The van der Waals surface area contributed by atoms with E-state index in [9.17, 15) is 4.39 Å². The van der Waals surface area contributed by atoms with Crippen LogP contribution in [0.1, 0.15) is 5.56 Å². The zero-order valence-corrected chi connectivity index (χ0v) is 11.7. The zero-order chi connectivity index (χ0) is 14.3. The number of rotatable bonds is 1. The van der Waals surface area contributed by atoms with Gasteiger partial charge in [0.1, 0.15) is 5.82 Å². The van der Waals surface area contributed by atoms with E-state index in [1.54, 1.807) is 28.8 Å². The van der Waals surface area contributed by atoms with Gasteiger partial charge in [-0.15, -0.1) is 0 Å². The number of nitrogens with two attached hydrogens (primary N) is 1. The maximum atomic E-state index is 13.2. The number of benzene rings is 2. The molecule has 20 heavy (non-hydrogen) atoms. The summed E-state index contributed by atoms with van der Waals surface area (Å²) in [5, 5.41) is 8.88. The predicted molar refractivity (Wildman–Crippen MR) is 77.9 cm³/mol. The molecular weight excluding hydrogens is 323 g/mol. The Hall–Kier alpha value is -2.39. The van der Waals surface area contributed by atoms with Crippen LogP contribution >= 0.6 is 15.9 Å². The van der Waals surface area contributed by atoms with Crippen LogP contribution in [0.2, 0.25) is 0 Å². The maximum Gasteiger partial charge on any atom is 0.205 e. The van der Waals surface area contributed by atoms with Gasteiger partial charge in [0.2, 0.25) is 5.95 Å². The summed E-state index contributed by atoms with van der Waals surface area (Å²) in [7, 11) is 0. The molecule has 6 heteroatoms. The molecule has 2 N–H and O–H groups in total. The molecule has 0 aliphatic heterocycles. The average Bonchev–Trinajstić information content (AvgIpc) is 2.73. The number of hydrogen-bond donors (Lipinski definition) is 1. The molecule has 3 rings (SSSR count). The lowest BCUT2D eigenvalue weighted by atomic mass is 10.2. The third kappa shape index (κ3) is 1.92. The number of aromatic nitrogens is 2. The Morgan fingerprint density at radius 3 is 2.75 bits per heavy atom. The first-order chi connectivity index (χ1) is 9.60. The van der Waals surface area contributed by atoms with Gasteiger partial charge in [-0.3, -0.25) is 4.57 Å². The second-order valence-corrected chi connectivity index (χ2v) is 5.07. The van der Waals surface area contributed by atoms with Crippen LogP contribution in [-0.2, 0) is 0 Å². The van der Waals surface area contributed by atoms with Crippen LogP contribution in [0.3, 0.4) is 0 Å². The summed E-state index contributed by atoms with van der Waals surface area (Å²) >= 11 is 3.41. The molecule has 1 aromatic heterocycles. The van der Waals surface area contributed by atoms with Gasteiger partial charge in [0.25, 0.3) is 0 Å². The summed E-state index contributed by atoms with van der Waals surface area (Å²) in [6.45, 7) is 0. The van der Waals surface area contributed by atoms with E-state index in [2.05, 4.69) is 27.0 Å². The zero-order valence-electron chi connectivity index (χ0n) is 10.1. The van der Waals surface area contributed by atoms with Crippen molar-refractivity contribution in [3.63, 3.8) is 0 Å². The molecule has 4 nitrogen and oxygen atoms in total.